The van der Waals surface area contributed by atoms with Crippen LogP contribution in [0.4, 0.5) is 5.69 Å². The van der Waals surface area contributed by atoms with Crippen LogP contribution in [0.2, 0.25) is 0 Å². The minimum Gasteiger partial charge on any atom is -0.395 e. The first-order valence-corrected chi connectivity index (χ1v) is 5.01. The fourth-order valence-corrected chi connectivity index (χ4v) is 1.46. The minimum absolute atomic E-state index is 0.0593. The Bertz CT molecular complexity index is 531. The molecule has 1 unspecified atom stereocenters. The largest absolute Gasteiger partial charge is 0.395 e. The number of hydrogen-bond donors (Lipinski definition) is 5. The van der Waals surface area contributed by atoms with Crippen molar-refractivity contribution in [2.75, 3.05) is 18.5 Å². The van der Waals surface area contributed by atoms with E-state index in [9.17, 15) is 4.79 Å². The fraction of sp³-hybridized carbons (Fsp3) is 0.300. The Morgan fingerprint density at radius 3 is 2.88 bits per heavy atom. The third kappa shape index (κ3) is 2.23. The van der Waals surface area contributed by atoms with Gasteiger partial charge in [0.05, 0.1) is 17.6 Å². The van der Waals surface area contributed by atoms with E-state index in [1.54, 1.807) is 6.07 Å². The van der Waals surface area contributed by atoms with Gasteiger partial charge in [0.15, 0.2) is 0 Å². The van der Waals surface area contributed by atoms with Gasteiger partial charge >= 0.3 is 5.69 Å². The maximum atomic E-state index is 11.0. The lowest BCUT2D eigenvalue weighted by Gasteiger charge is -2.10. The molecule has 0 amide bonds. The minimum atomic E-state index is -0.291. The average molecular weight is 222 g/mol. The first-order valence-electron chi connectivity index (χ1n) is 5.01. The zero-order valence-corrected chi connectivity index (χ0v) is 8.66. The van der Waals surface area contributed by atoms with Crippen molar-refractivity contribution in [3.05, 3.63) is 28.7 Å². The molecule has 2 rings (SSSR count). The molecule has 16 heavy (non-hydrogen) atoms. The van der Waals surface area contributed by atoms with Crippen LogP contribution in [0.5, 0.6) is 0 Å². The van der Waals surface area contributed by atoms with E-state index in [1.807, 2.05) is 12.1 Å². The zero-order chi connectivity index (χ0) is 11.5. The number of fused-ring (bicyclic) bond motifs is 1. The molecule has 0 bridgehead atoms. The molecule has 0 radical (unpaired) electrons. The lowest BCUT2D eigenvalue weighted by Crippen LogP contribution is -2.32. The summed E-state index contributed by atoms with van der Waals surface area (Å²) in [6, 6.07) is 5.18. The van der Waals surface area contributed by atoms with Crippen LogP contribution < -0.4 is 16.7 Å². The molecule has 1 aromatic carbocycles. The van der Waals surface area contributed by atoms with E-state index in [4.69, 9.17) is 10.8 Å². The van der Waals surface area contributed by atoms with Gasteiger partial charge in [-0.05, 0) is 18.2 Å². The van der Waals surface area contributed by atoms with Gasteiger partial charge in [-0.15, -0.1) is 0 Å². The highest BCUT2D eigenvalue weighted by Crippen LogP contribution is 2.14. The van der Waals surface area contributed by atoms with E-state index in [2.05, 4.69) is 15.3 Å². The summed E-state index contributed by atoms with van der Waals surface area (Å²) in [4.78, 5) is 16.4. The highest BCUT2D eigenvalue weighted by molar-refractivity contribution is 5.78. The molecule has 0 saturated heterocycles. The molecule has 0 aliphatic heterocycles. The summed E-state index contributed by atoms with van der Waals surface area (Å²) in [5.74, 6) is 0. The first kappa shape index (κ1) is 10.7. The van der Waals surface area contributed by atoms with Gasteiger partial charge in [-0.2, -0.15) is 0 Å². The van der Waals surface area contributed by atoms with Crippen LogP contribution in [-0.4, -0.2) is 34.3 Å². The summed E-state index contributed by atoms with van der Waals surface area (Å²) in [6.07, 6.45) is 0. The van der Waals surface area contributed by atoms with E-state index in [1.165, 1.54) is 0 Å². The van der Waals surface area contributed by atoms with Crippen LogP contribution in [0, 0.1) is 0 Å². The van der Waals surface area contributed by atoms with Crippen molar-refractivity contribution in [2.24, 2.45) is 5.73 Å². The number of aromatic amines is 2. The third-order valence-corrected chi connectivity index (χ3v) is 2.32. The molecule has 0 fully saturated rings. The van der Waals surface area contributed by atoms with Gasteiger partial charge in [-0.3, -0.25) is 0 Å². The lowest BCUT2D eigenvalue weighted by atomic mass is 10.2. The maximum absolute atomic E-state index is 11.0. The molecule has 0 spiro atoms. The number of nitrogens with one attached hydrogen (secondary N) is 3. The Balaban J connectivity index is 2.16. The molecule has 0 aliphatic carbocycles. The third-order valence-electron chi connectivity index (χ3n) is 2.32. The molecular weight excluding hydrogens is 208 g/mol. The molecule has 1 aromatic heterocycles. The second-order valence-corrected chi connectivity index (χ2v) is 3.66. The quantitative estimate of drug-likeness (QED) is 0.484. The fourth-order valence-electron chi connectivity index (χ4n) is 1.46. The van der Waals surface area contributed by atoms with Crippen LogP contribution in [0.1, 0.15) is 0 Å². The standard InChI is InChI=1S/C10H14N4O2/c11-6(5-15)4-12-7-1-2-8-9(3-7)14-10(16)13-8/h1-3,6,12,15H,4-5,11H2,(H2,13,14,16). The van der Waals surface area contributed by atoms with Crippen LogP contribution in [-0.2, 0) is 0 Å². The summed E-state index contributed by atoms with van der Waals surface area (Å²) < 4.78 is 0. The van der Waals surface area contributed by atoms with E-state index < -0.39 is 0 Å². The number of hydrogen-bond acceptors (Lipinski definition) is 4. The highest BCUT2D eigenvalue weighted by atomic mass is 16.3. The van der Waals surface area contributed by atoms with Crippen LogP contribution in [0.15, 0.2) is 23.0 Å². The van der Waals surface area contributed by atoms with Crippen molar-refractivity contribution in [3.8, 4) is 0 Å². The maximum Gasteiger partial charge on any atom is 0.323 e. The summed E-state index contributed by atoms with van der Waals surface area (Å²) in [7, 11) is 0. The number of aliphatic hydroxyl groups excluding tert-OH is 1. The molecular formula is C10H14N4O2. The number of benzene rings is 1. The predicted octanol–water partition coefficient (Wildman–Crippen LogP) is -0.412. The second kappa shape index (κ2) is 4.38. The Morgan fingerprint density at radius 1 is 1.38 bits per heavy atom. The molecule has 6 heteroatoms. The Labute approximate surface area is 91.5 Å². The Morgan fingerprint density at radius 2 is 2.12 bits per heavy atom. The SMILES string of the molecule is NC(CO)CNc1ccc2[nH]c(=O)[nH]c2c1. The number of rotatable bonds is 4. The number of anilines is 1. The summed E-state index contributed by atoms with van der Waals surface area (Å²) in [5.41, 5.74) is 7.70. The van der Waals surface area contributed by atoms with Crippen molar-refractivity contribution in [2.45, 2.75) is 6.04 Å². The van der Waals surface area contributed by atoms with Crippen molar-refractivity contribution in [3.63, 3.8) is 0 Å². The molecule has 6 N–H and O–H groups in total. The summed E-state index contributed by atoms with van der Waals surface area (Å²) >= 11 is 0. The molecule has 1 atom stereocenters. The number of imidazole rings is 1. The molecule has 0 saturated carbocycles. The van der Waals surface area contributed by atoms with E-state index >= 15 is 0 Å². The molecule has 86 valence electrons. The van der Waals surface area contributed by atoms with Crippen LogP contribution in [0.25, 0.3) is 11.0 Å². The monoisotopic (exact) mass is 222 g/mol. The summed E-state index contributed by atoms with van der Waals surface area (Å²) in [5, 5.41) is 11.8. The van der Waals surface area contributed by atoms with Gasteiger partial charge in [-0.1, -0.05) is 0 Å². The van der Waals surface area contributed by atoms with Crippen molar-refractivity contribution in [1.82, 2.24) is 9.97 Å². The number of aromatic nitrogens is 2. The number of H-pyrrole nitrogens is 2. The van der Waals surface area contributed by atoms with E-state index in [-0.39, 0.29) is 18.3 Å². The van der Waals surface area contributed by atoms with E-state index in [0.29, 0.717) is 6.54 Å². The molecule has 2 aromatic rings. The first-order chi connectivity index (χ1) is 7.69. The smallest absolute Gasteiger partial charge is 0.323 e. The highest BCUT2D eigenvalue weighted by Gasteiger charge is 2.02. The zero-order valence-electron chi connectivity index (χ0n) is 8.66. The van der Waals surface area contributed by atoms with Crippen LogP contribution >= 0.6 is 0 Å². The second-order valence-electron chi connectivity index (χ2n) is 3.66. The molecule has 1 heterocycles. The molecule has 6 nitrogen and oxygen atoms in total. The predicted molar refractivity (Wildman–Crippen MR) is 62.5 cm³/mol. The van der Waals surface area contributed by atoms with Gasteiger partial charge in [-0.25, -0.2) is 4.79 Å². The number of aliphatic hydroxyl groups is 1. The Kier molecular flexibility index (Phi) is 2.93. The number of nitrogens with two attached hydrogens (primary N) is 1. The molecule has 0 aliphatic rings. The van der Waals surface area contributed by atoms with Gasteiger partial charge < -0.3 is 26.1 Å². The van der Waals surface area contributed by atoms with Gasteiger partial charge in [0, 0.05) is 18.3 Å². The average Bonchev–Trinajstić information content (AvgIpc) is 2.65. The Hall–Kier alpha value is -1.79. The van der Waals surface area contributed by atoms with Crippen molar-refractivity contribution >= 4 is 16.7 Å². The van der Waals surface area contributed by atoms with Crippen LogP contribution in [0.3, 0.4) is 0 Å². The summed E-state index contributed by atoms with van der Waals surface area (Å²) in [6.45, 7) is 0.424. The van der Waals surface area contributed by atoms with Gasteiger partial charge in [0.1, 0.15) is 0 Å². The normalized spacial score (nSPS) is 12.9. The topological polar surface area (TPSA) is 107 Å². The van der Waals surface area contributed by atoms with Gasteiger partial charge in [0.2, 0.25) is 0 Å². The lowest BCUT2D eigenvalue weighted by molar-refractivity contribution is 0.270. The van der Waals surface area contributed by atoms with Crippen molar-refractivity contribution in [1.29, 1.82) is 0 Å². The van der Waals surface area contributed by atoms with Gasteiger partial charge in [0.25, 0.3) is 0 Å². The van der Waals surface area contributed by atoms with E-state index in [0.717, 1.165) is 16.7 Å². The van der Waals surface area contributed by atoms with Crippen molar-refractivity contribution < 1.29 is 5.11 Å².